The van der Waals surface area contributed by atoms with Gasteiger partial charge in [-0.3, -0.25) is 38.1 Å². The van der Waals surface area contributed by atoms with Gasteiger partial charge in [0.25, 0.3) is 16.7 Å². The lowest BCUT2D eigenvalue weighted by atomic mass is 9.98. The number of nitrogens with zero attached hydrogens (tertiary/aromatic N) is 13. The molecule has 5 N–H and O–H groups in total. The summed E-state index contributed by atoms with van der Waals surface area (Å²) in [6.07, 6.45) is 11.8. The molecule has 8 aromatic carbocycles. The molecule has 10 aromatic heterocycles. The number of rotatable bonds is 20. The molecule has 0 saturated heterocycles. The number of pyridine rings is 7. The Morgan fingerprint density at radius 1 is 0.354 bits per heavy atom. The Morgan fingerprint density at radius 3 is 1.13 bits per heavy atom. The predicted octanol–water partition coefficient (Wildman–Crippen LogP) is 21.0. The summed E-state index contributed by atoms with van der Waals surface area (Å²) in [5, 5.41) is 34.7. The first-order chi connectivity index (χ1) is 61.1. The smallest absolute Gasteiger partial charge is 0.263 e. The number of fused-ring (bicyclic) bond motifs is 3. The van der Waals surface area contributed by atoms with Gasteiger partial charge in [0, 0.05) is 113 Å². The molecule has 18 rings (SSSR count). The minimum atomic E-state index is -0.715. The SMILES string of the molecule is C.COc1cc(-c2cccc3cc([C@H](C)Nc4nc(C)ncc4-c4ccc(F)c(O)c4)n(-c4ccccc4)c(=O)c23)ccn1.COc1cc(-c2cccc3cc([C@H](C)Nc4nc(C)ncc4-c4ccccn4)n(-c4ccccc4)c(=O)c23)ccn1.Cc1cc(-c2cccc3cc([C@H](C)Nc4nc(C)ncc4-c4cc(O)cc(F)c4)n(-c4ccccc4)c(=O)c23)ccn1. The fourth-order valence-corrected chi connectivity index (χ4v) is 15.6. The topological polar surface area (TPSA) is 290 Å². The normalized spacial score (nSPS) is 11.7. The lowest BCUT2D eigenvalue weighted by Crippen LogP contribution is -2.26. The highest BCUT2D eigenvalue weighted by Crippen LogP contribution is 2.40. The van der Waals surface area contributed by atoms with Crippen LogP contribution in [-0.4, -0.2) is 88.0 Å². The summed E-state index contributed by atoms with van der Waals surface area (Å²) < 4.78 is 43.9. The molecule has 0 aliphatic rings. The Hall–Kier alpha value is -16.3. The van der Waals surface area contributed by atoms with Gasteiger partial charge in [-0.05, 0) is 224 Å². The molecule has 0 aliphatic heterocycles. The van der Waals surface area contributed by atoms with E-state index in [4.69, 9.17) is 14.5 Å². The number of phenolic OH excluding ortho intramolecular Hbond substituents is 2. The van der Waals surface area contributed by atoms with Crippen molar-refractivity contribution in [3.8, 4) is 107 Å². The maximum atomic E-state index is 14.5. The molecule has 632 valence electrons. The van der Waals surface area contributed by atoms with E-state index in [1.54, 1.807) is 91.2 Å². The van der Waals surface area contributed by atoms with E-state index in [0.717, 1.165) is 89.6 Å². The van der Waals surface area contributed by atoms with E-state index in [9.17, 15) is 33.4 Å². The molecule has 0 aliphatic carbocycles. The lowest BCUT2D eigenvalue weighted by Gasteiger charge is -2.23. The highest BCUT2D eigenvalue weighted by molar-refractivity contribution is 5.99. The maximum Gasteiger partial charge on any atom is 0.263 e. The summed E-state index contributed by atoms with van der Waals surface area (Å²) >= 11 is 0. The zero-order valence-corrected chi connectivity index (χ0v) is 70.0. The Kier molecular flexibility index (Phi) is 25.3. The molecule has 0 saturated carbocycles. The van der Waals surface area contributed by atoms with E-state index in [1.807, 2.05) is 247 Å². The molecule has 0 amide bonds. The van der Waals surface area contributed by atoms with Crippen molar-refractivity contribution >= 4 is 49.8 Å². The highest BCUT2D eigenvalue weighted by atomic mass is 19.1. The summed E-state index contributed by atoms with van der Waals surface area (Å²) in [5.41, 5.74) is 13.5. The largest absolute Gasteiger partial charge is 0.508 e. The maximum absolute atomic E-state index is 14.5. The van der Waals surface area contributed by atoms with Gasteiger partial charge in [-0.15, -0.1) is 0 Å². The van der Waals surface area contributed by atoms with Gasteiger partial charge in [0.05, 0.1) is 59.8 Å². The third-order valence-corrected chi connectivity index (χ3v) is 21.5. The number of anilines is 3. The van der Waals surface area contributed by atoms with Gasteiger partial charge < -0.3 is 35.6 Å². The molecule has 10 heterocycles. The van der Waals surface area contributed by atoms with E-state index in [0.29, 0.717) is 102 Å². The molecule has 0 unspecified atom stereocenters. The Bertz CT molecular complexity index is 7290. The van der Waals surface area contributed by atoms with E-state index in [1.165, 1.54) is 24.3 Å². The average Bonchev–Trinajstić information content (AvgIpc) is 0.756. The molecule has 0 spiro atoms. The second-order valence-electron chi connectivity index (χ2n) is 30.0. The van der Waals surface area contributed by atoms with Crippen LogP contribution in [0.3, 0.4) is 0 Å². The van der Waals surface area contributed by atoms with Crippen LogP contribution in [0.2, 0.25) is 0 Å². The number of benzene rings is 8. The fraction of sp³-hybridized carbons (Fsp3) is 0.127. The van der Waals surface area contributed by atoms with Gasteiger partial charge in [0.15, 0.2) is 11.6 Å². The van der Waals surface area contributed by atoms with Crippen LogP contribution in [0.1, 0.15) is 86.6 Å². The second-order valence-corrected chi connectivity index (χ2v) is 30.0. The van der Waals surface area contributed by atoms with E-state index in [-0.39, 0.29) is 35.9 Å². The summed E-state index contributed by atoms with van der Waals surface area (Å²) in [6, 6.07) is 76.1. The predicted molar refractivity (Wildman–Crippen MR) is 497 cm³/mol. The van der Waals surface area contributed by atoms with Gasteiger partial charge in [-0.1, -0.05) is 129 Å². The van der Waals surface area contributed by atoms with Gasteiger partial charge in [-0.2, -0.15) is 0 Å². The zero-order valence-electron chi connectivity index (χ0n) is 70.0. The van der Waals surface area contributed by atoms with Crippen molar-refractivity contribution in [1.29, 1.82) is 0 Å². The van der Waals surface area contributed by atoms with E-state index < -0.39 is 29.5 Å². The molecule has 0 fully saturated rings. The first-order valence-electron chi connectivity index (χ1n) is 40.5. The number of ether oxygens (including phenoxy) is 2. The van der Waals surface area contributed by atoms with Crippen molar-refractivity contribution in [3.63, 3.8) is 0 Å². The number of methoxy groups -OCH3 is 2. The van der Waals surface area contributed by atoms with E-state index >= 15 is 0 Å². The third-order valence-electron chi connectivity index (χ3n) is 21.5. The van der Waals surface area contributed by atoms with Crippen LogP contribution < -0.4 is 42.1 Å². The molecule has 0 bridgehead atoms. The first-order valence-corrected chi connectivity index (χ1v) is 40.5. The monoisotopic (exact) mass is 1690 g/mol. The number of aromatic nitrogens is 13. The summed E-state index contributed by atoms with van der Waals surface area (Å²) in [7, 11) is 3.14. The van der Waals surface area contributed by atoms with Crippen LogP contribution in [0, 0.1) is 39.3 Å². The first kappa shape index (κ1) is 85.7. The molecule has 3 atom stereocenters. The number of aromatic hydroxyl groups is 2. The second kappa shape index (κ2) is 37.6. The van der Waals surface area contributed by atoms with Crippen molar-refractivity contribution in [1.82, 2.24) is 63.5 Å². The van der Waals surface area contributed by atoms with Gasteiger partial charge >= 0.3 is 0 Å². The number of para-hydroxylation sites is 3. The summed E-state index contributed by atoms with van der Waals surface area (Å²) in [4.78, 5) is 87.6. The number of aryl methyl sites for hydroxylation is 4. The average molecular weight is 1690 g/mol. The minimum absolute atomic E-state index is 0. The van der Waals surface area contributed by atoms with Gasteiger partial charge in [0.1, 0.15) is 46.5 Å². The van der Waals surface area contributed by atoms with Gasteiger partial charge in [0.2, 0.25) is 11.8 Å². The van der Waals surface area contributed by atoms with Crippen LogP contribution in [-0.2, 0) is 0 Å². The van der Waals surface area contributed by atoms with Crippen molar-refractivity contribution in [2.75, 3.05) is 30.2 Å². The summed E-state index contributed by atoms with van der Waals surface area (Å²) in [5.74, 6) is 2.26. The van der Waals surface area contributed by atoms with Crippen molar-refractivity contribution < 1.29 is 28.5 Å². The lowest BCUT2D eigenvalue weighted by molar-refractivity contribution is 0.398. The molecule has 18 aromatic rings. The number of hydrogen-bond acceptors (Lipinski definition) is 20. The van der Waals surface area contributed by atoms with Crippen LogP contribution in [0.25, 0.3) is 116 Å². The Morgan fingerprint density at radius 2 is 0.740 bits per heavy atom. The number of phenols is 2. The van der Waals surface area contributed by atoms with E-state index in [2.05, 4.69) is 66.9 Å². The van der Waals surface area contributed by atoms with Crippen LogP contribution in [0.5, 0.6) is 23.3 Å². The minimum Gasteiger partial charge on any atom is -0.508 e. The van der Waals surface area contributed by atoms with Crippen LogP contribution in [0.15, 0.2) is 313 Å². The summed E-state index contributed by atoms with van der Waals surface area (Å²) in [6.45, 7) is 13.2. The molecular formula is C102H88F2N16O7. The quantitative estimate of drug-likeness (QED) is 0.0474. The zero-order chi connectivity index (χ0) is 87.8. The molecule has 127 heavy (non-hydrogen) atoms. The van der Waals surface area contributed by atoms with Crippen LogP contribution >= 0.6 is 0 Å². The van der Waals surface area contributed by atoms with Crippen molar-refractivity contribution in [2.45, 2.75) is 74.0 Å². The molecular weight excluding hydrogens is 1600 g/mol. The molecule has 25 heteroatoms. The van der Waals surface area contributed by atoms with Gasteiger partial charge in [-0.25, -0.2) is 48.7 Å². The van der Waals surface area contributed by atoms with Crippen molar-refractivity contribution in [2.24, 2.45) is 0 Å². The van der Waals surface area contributed by atoms with Crippen LogP contribution in [0.4, 0.5) is 26.2 Å². The number of hydrogen-bond donors (Lipinski definition) is 5. The third kappa shape index (κ3) is 18.3. The Labute approximate surface area is 730 Å². The van der Waals surface area contributed by atoms with Crippen molar-refractivity contribution in [3.05, 3.63) is 381 Å². The number of halogens is 2. The number of nitrogens with one attached hydrogen (secondary N) is 3. The fourth-order valence-electron chi connectivity index (χ4n) is 15.6. The highest BCUT2D eigenvalue weighted by Gasteiger charge is 2.27. The Balaban J connectivity index is 0.000000146. The molecule has 23 nitrogen and oxygen atoms in total. The standard InChI is InChI=1S/C34H28FN5O3.C34H28FN5O2.C33H28N6O2.CH4/c1-20(38-33-27(19-37-21(2)39-33)22-12-13-28(35)30(41)17-22)29-16-24-8-7-11-26(23-14-15-36-31(18-23)43-3)32(24)34(42)40(29)25-9-5-4-6-10-25;1-20-14-23(12-13-36-20)29-11-7-8-24-17-31(40(34(42)32(24)29)27-9-5-4-6-10-27)21(2)38-33-30(19-37-22(3)39-33)25-15-26(35)18-28(41)16-25;1-21(37-32-27(20-36-22(2)38-32)28-14-7-8-16-34-28)29-18-24-10-9-13-26(23-15-17-35-30(19-23)41-3)31(24)33(40)39(29)25-11-5-4-6-12-25;/h4-20,41H,1-3H3,(H,37,38,39);4-19,21,41H,1-3H3,(H,37,38,39);4-21H,1-3H3,(H,36,37,38);1H4/t20-;2*21-;/m000./s1. The molecule has 0 radical (unpaired) electrons.